The van der Waals surface area contributed by atoms with Gasteiger partial charge in [0.2, 0.25) is 0 Å². The van der Waals surface area contributed by atoms with Crippen molar-refractivity contribution in [2.75, 3.05) is 9.80 Å². The van der Waals surface area contributed by atoms with Crippen molar-refractivity contribution in [1.29, 1.82) is 0 Å². The molecule has 11 aromatic carbocycles. The predicted octanol–water partition coefficient (Wildman–Crippen LogP) is 18.0. The molecule has 0 unspecified atom stereocenters. The molecule has 15 rings (SSSR count). The van der Waals surface area contributed by atoms with Gasteiger partial charge in [-0.1, -0.05) is 84.9 Å². The molecule has 6 nitrogen and oxygen atoms in total. The Bertz CT molecular complexity index is 4340. The van der Waals surface area contributed by atoms with E-state index in [9.17, 15) is 0 Å². The number of furan rings is 2. The number of para-hydroxylation sites is 4. The first kappa shape index (κ1) is 38.8. The first-order chi connectivity index (χ1) is 34.5. The summed E-state index contributed by atoms with van der Waals surface area (Å²) in [6.07, 6.45) is 0. The van der Waals surface area contributed by atoms with E-state index in [4.69, 9.17) is 8.83 Å². The molecule has 70 heavy (non-hydrogen) atoms. The molecule has 6 heteroatoms. The molecule has 0 atom stereocenters. The summed E-state index contributed by atoms with van der Waals surface area (Å²) in [5.74, 6) is 0. The highest BCUT2D eigenvalue weighted by atomic mass is 16.4. The maximum absolute atomic E-state index is 6.85. The molecule has 0 amide bonds. The van der Waals surface area contributed by atoms with Gasteiger partial charge in [-0.2, -0.15) is 0 Å². The molecule has 0 spiro atoms. The van der Waals surface area contributed by atoms with Crippen molar-refractivity contribution in [2.24, 2.45) is 14.1 Å². The molecule has 0 fully saturated rings. The van der Waals surface area contributed by atoms with E-state index in [0.717, 1.165) is 99.5 Å². The largest absolute Gasteiger partial charge is 0.452 e. The minimum atomic E-state index is 0.761. The van der Waals surface area contributed by atoms with Gasteiger partial charge in [-0.15, -0.1) is 0 Å². The van der Waals surface area contributed by atoms with Crippen molar-refractivity contribution in [3.05, 3.63) is 218 Å². The van der Waals surface area contributed by atoms with Gasteiger partial charge in [0.25, 0.3) is 0 Å². The van der Waals surface area contributed by atoms with Gasteiger partial charge in [0.15, 0.2) is 11.2 Å². The maximum Gasteiger partial charge on any atom is 0.178 e. The second kappa shape index (κ2) is 14.6. The van der Waals surface area contributed by atoms with Crippen LogP contribution in [-0.2, 0) is 14.1 Å². The zero-order valence-corrected chi connectivity index (χ0v) is 38.4. The molecule has 0 aliphatic carbocycles. The summed E-state index contributed by atoms with van der Waals surface area (Å²) in [6.45, 7) is 0. The van der Waals surface area contributed by atoms with Gasteiger partial charge in [0, 0.05) is 113 Å². The topological polar surface area (TPSA) is 42.6 Å². The average molecular weight is 899 g/mol. The third kappa shape index (κ3) is 5.68. The fraction of sp³-hybridized carbons (Fsp3) is 0.0312. The highest BCUT2D eigenvalue weighted by Gasteiger charge is 2.21. The smallest absolute Gasteiger partial charge is 0.178 e. The van der Waals surface area contributed by atoms with Crippen molar-refractivity contribution in [1.82, 2.24) is 9.13 Å². The van der Waals surface area contributed by atoms with Crippen molar-refractivity contribution in [3.8, 4) is 0 Å². The van der Waals surface area contributed by atoms with Gasteiger partial charge < -0.3 is 27.8 Å². The SMILES string of the molecule is Cn1c2ccccc2c2cc(N(c3ccccc3)c3ccc4cc5c(cc4c3)oc3c5ccc4c5cc6ccc(N(c7ccccc7)c7ccc8c(c7)c7ccccc7n8C)cc6cc5oc43)ccc21. The van der Waals surface area contributed by atoms with E-state index in [1.807, 2.05) is 0 Å². The second-order valence-corrected chi connectivity index (χ2v) is 18.7. The summed E-state index contributed by atoms with van der Waals surface area (Å²) >= 11 is 0. The third-order valence-corrected chi connectivity index (χ3v) is 14.8. The van der Waals surface area contributed by atoms with E-state index < -0.39 is 0 Å². The summed E-state index contributed by atoms with van der Waals surface area (Å²) in [4.78, 5) is 4.69. The van der Waals surface area contributed by atoms with Gasteiger partial charge in [-0.05, 0) is 155 Å². The van der Waals surface area contributed by atoms with Gasteiger partial charge in [0.1, 0.15) is 11.2 Å². The van der Waals surface area contributed by atoms with Crippen LogP contribution >= 0.6 is 0 Å². The Hall–Kier alpha value is -9.26. The van der Waals surface area contributed by atoms with Crippen LogP contribution in [0.25, 0.3) is 109 Å². The van der Waals surface area contributed by atoms with Crippen LogP contribution in [0.4, 0.5) is 34.1 Å². The summed E-state index contributed by atoms with van der Waals surface area (Å²) in [6, 6.07) is 78.9. The van der Waals surface area contributed by atoms with E-state index >= 15 is 0 Å². The predicted molar refractivity (Wildman–Crippen MR) is 293 cm³/mol. The summed E-state index contributed by atoms with van der Waals surface area (Å²) < 4.78 is 18.3. The number of aryl methyl sites for hydroxylation is 2. The fourth-order valence-corrected chi connectivity index (χ4v) is 11.4. The zero-order valence-electron chi connectivity index (χ0n) is 38.4. The zero-order chi connectivity index (χ0) is 46.2. The Morgan fingerprint density at radius 3 is 1.11 bits per heavy atom. The molecule has 0 saturated heterocycles. The number of anilines is 6. The molecule has 330 valence electrons. The Morgan fingerprint density at radius 2 is 0.657 bits per heavy atom. The lowest BCUT2D eigenvalue weighted by molar-refractivity contribution is 0.634. The molecule has 0 N–H and O–H groups in total. The highest BCUT2D eigenvalue weighted by Crippen LogP contribution is 2.45. The minimum absolute atomic E-state index is 0.761. The van der Waals surface area contributed by atoms with Gasteiger partial charge in [0.05, 0.1) is 0 Å². The number of fused-ring (bicyclic) bond motifs is 15. The maximum atomic E-state index is 6.85. The molecule has 0 bridgehead atoms. The molecule has 4 heterocycles. The van der Waals surface area contributed by atoms with E-state index in [2.05, 4.69) is 251 Å². The number of hydrogen-bond acceptors (Lipinski definition) is 4. The quantitative estimate of drug-likeness (QED) is 0.167. The monoisotopic (exact) mass is 898 g/mol. The summed E-state index contributed by atoms with van der Waals surface area (Å²) in [7, 11) is 4.29. The number of aromatic nitrogens is 2. The van der Waals surface area contributed by atoms with Crippen LogP contribution in [-0.4, -0.2) is 9.13 Å². The summed E-state index contributed by atoms with van der Waals surface area (Å²) in [5.41, 5.74) is 14.6. The minimum Gasteiger partial charge on any atom is -0.452 e. The Labute approximate surface area is 401 Å². The average Bonchev–Trinajstić information content (AvgIpc) is 4.13. The first-order valence-corrected chi connectivity index (χ1v) is 23.8. The lowest BCUT2D eigenvalue weighted by Crippen LogP contribution is -2.09. The molecular formula is C64H42N4O2. The van der Waals surface area contributed by atoms with Crippen LogP contribution in [0.1, 0.15) is 0 Å². The highest BCUT2D eigenvalue weighted by molar-refractivity contribution is 6.22. The van der Waals surface area contributed by atoms with Crippen LogP contribution in [0, 0.1) is 0 Å². The lowest BCUT2D eigenvalue weighted by atomic mass is 10.0. The molecule has 0 saturated carbocycles. The van der Waals surface area contributed by atoms with E-state index in [1.165, 1.54) is 43.6 Å². The van der Waals surface area contributed by atoms with Crippen molar-refractivity contribution in [2.45, 2.75) is 0 Å². The third-order valence-electron chi connectivity index (χ3n) is 14.8. The van der Waals surface area contributed by atoms with E-state index in [1.54, 1.807) is 0 Å². The van der Waals surface area contributed by atoms with Gasteiger partial charge in [-0.25, -0.2) is 0 Å². The second-order valence-electron chi connectivity index (χ2n) is 18.7. The molecule has 15 aromatic rings. The number of benzene rings is 11. The van der Waals surface area contributed by atoms with Gasteiger partial charge in [-0.3, -0.25) is 0 Å². The molecule has 0 radical (unpaired) electrons. The van der Waals surface area contributed by atoms with Crippen LogP contribution < -0.4 is 9.80 Å². The van der Waals surface area contributed by atoms with Crippen LogP contribution in [0.3, 0.4) is 0 Å². The van der Waals surface area contributed by atoms with Crippen LogP contribution in [0.5, 0.6) is 0 Å². The fourth-order valence-electron chi connectivity index (χ4n) is 11.4. The molecular weight excluding hydrogens is 857 g/mol. The van der Waals surface area contributed by atoms with Crippen molar-refractivity contribution < 1.29 is 8.83 Å². The lowest BCUT2D eigenvalue weighted by Gasteiger charge is -2.26. The van der Waals surface area contributed by atoms with E-state index in [-0.39, 0.29) is 0 Å². The Balaban J connectivity index is 0.839. The van der Waals surface area contributed by atoms with Gasteiger partial charge >= 0.3 is 0 Å². The van der Waals surface area contributed by atoms with Crippen molar-refractivity contribution >= 4 is 143 Å². The van der Waals surface area contributed by atoms with E-state index in [0.29, 0.717) is 0 Å². The number of nitrogens with zero attached hydrogens (tertiary/aromatic N) is 4. The van der Waals surface area contributed by atoms with Crippen LogP contribution in [0.2, 0.25) is 0 Å². The molecule has 4 aromatic heterocycles. The van der Waals surface area contributed by atoms with Crippen molar-refractivity contribution in [3.63, 3.8) is 0 Å². The Kier molecular flexibility index (Phi) is 8.10. The first-order valence-electron chi connectivity index (χ1n) is 23.8. The number of rotatable bonds is 6. The number of hydrogen-bond donors (Lipinski definition) is 0. The molecule has 0 aliphatic heterocycles. The Morgan fingerprint density at radius 1 is 0.271 bits per heavy atom. The molecule has 0 aliphatic rings. The summed E-state index contributed by atoms with van der Waals surface area (Å²) in [5, 5.41) is 13.7. The van der Waals surface area contributed by atoms with Crippen LogP contribution in [0.15, 0.2) is 227 Å². The normalized spacial score (nSPS) is 12.1. The standard InChI is InChI=1S/C64H42N4O2/c1-65-57-19-11-9-17-49(57)53-37-47(25-29-59(53)65)67(43-13-5-3-6-14-43)45-23-21-39-33-55-51-27-28-52-56-34-40-22-24-46(32-42(40)36-62(56)70-64(52)63(51)69-61(55)35-41(39)31-45)68(44-15-7-4-8-16-44)48-26-30-60-54(38-48)50-18-10-12-20-58(50)66(60)2/h3-38H,1-2H3.